The number of piperazine rings is 1. The molecule has 0 aliphatic carbocycles. The highest BCUT2D eigenvalue weighted by molar-refractivity contribution is 5.51. The molecule has 106 valence electrons. The number of benzene rings is 1. The van der Waals surface area contributed by atoms with Gasteiger partial charge in [-0.3, -0.25) is 4.90 Å². The monoisotopic (exact) mass is 272 g/mol. The molecule has 0 radical (unpaired) electrons. The molecule has 1 aliphatic rings. The van der Waals surface area contributed by atoms with Gasteiger partial charge in [0.05, 0.1) is 6.54 Å². The Morgan fingerprint density at radius 3 is 2.55 bits per heavy atom. The minimum Gasteiger partial charge on any atom is -0.419 e. The summed E-state index contributed by atoms with van der Waals surface area (Å²) in [5, 5.41) is 11.7. The van der Waals surface area contributed by atoms with Crippen LogP contribution in [0.3, 0.4) is 0 Å². The van der Waals surface area contributed by atoms with E-state index < -0.39 is 0 Å². The second-order valence-corrected chi connectivity index (χ2v) is 5.40. The van der Waals surface area contributed by atoms with E-state index in [0.717, 1.165) is 18.7 Å². The lowest BCUT2D eigenvalue weighted by molar-refractivity contribution is 0.0979. The van der Waals surface area contributed by atoms with Crippen molar-refractivity contribution in [3.8, 4) is 11.5 Å². The number of hydrogen-bond donors (Lipinski definition) is 1. The van der Waals surface area contributed by atoms with Crippen molar-refractivity contribution >= 4 is 0 Å². The molecule has 20 heavy (non-hydrogen) atoms. The van der Waals surface area contributed by atoms with E-state index in [1.54, 1.807) is 0 Å². The maximum atomic E-state index is 5.78. The van der Waals surface area contributed by atoms with Gasteiger partial charge in [0.15, 0.2) is 0 Å². The number of aromatic nitrogens is 2. The molecule has 0 amide bonds. The number of hydrogen-bond acceptors (Lipinski definition) is 5. The van der Waals surface area contributed by atoms with Crippen LogP contribution in [0.4, 0.5) is 0 Å². The highest BCUT2D eigenvalue weighted by Gasteiger charge is 2.26. The summed E-state index contributed by atoms with van der Waals surface area (Å²) in [5.74, 6) is 1.28. The molecular weight excluding hydrogens is 252 g/mol. The first-order valence-electron chi connectivity index (χ1n) is 7.08. The Hall–Kier alpha value is -1.72. The highest BCUT2D eigenvalue weighted by Crippen LogP contribution is 2.19. The minimum atomic E-state index is 0.478. The predicted octanol–water partition coefficient (Wildman–Crippen LogP) is 1.92. The van der Waals surface area contributed by atoms with Gasteiger partial charge in [-0.2, -0.15) is 0 Å². The average molecular weight is 272 g/mol. The number of nitrogens with zero attached hydrogens (tertiary/aromatic N) is 3. The van der Waals surface area contributed by atoms with Crippen LogP contribution >= 0.6 is 0 Å². The summed E-state index contributed by atoms with van der Waals surface area (Å²) in [6.07, 6.45) is 0. The third-order valence-corrected chi connectivity index (χ3v) is 3.82. The van der Waals surface area contributed by atoms with Crippen LogP contribution in [-0.4, -0.2) is 40.3 Å². The van der Waals surface area contributed by atoms with Crippen molar-refractivity contribution in [3.63, 3.8) is 0 Å². The van der Waals surface area contributed by atoms with E-state index in [9.17, 15) is 0 Å². The lowest BCUT2D eigenvalue weighted by Gasteiger charge is -2.38. The van der Waals surface area contributed by atoms with Crippen LogP contribution in [-0.2, 0) is 6.54 Å². The molecule has 5 nitrogen and oxygen atoms in total. The summed E-state index contributed by atoms with van der Waals surface area (Å²) in [6, 6.07) is 10.8. The summed E-state index contributed by atoms with van der Waals surface area (Å²) in [4.78, 5) is 2.40. The minimum absolute atomic E-state index is 0.478. The molecule has 2 aromatic rings. The Morgan fingerprint density at radius 2 is 1.85 bits per heavy atom. The Morgan fingerprint density at radius 1 is 1.15 bits per heavy atom. The van der Waals surface area contributed by atoms with Crippen molar-refractivity contribution in [1.29, 1.82) is 0 Å². The molecule has 1 aliphatic heterocycles. The van der Waals surface area contributed by atoms with E-state index in [1.165, 1.54) is 0 Å². The lowest BCUT2D eigenvalue weighted by Crippen LogP contribution is -2.54. The van der Waals surface area contributed by atoms with E-state index in [2.05, 4.69) is 34.3 Å². The van der Waals surface area contributed by atoms with Crippen LogP contribution in [0.1, 0.15) is 19.7 Å². The van der Waals surface area contributed by atoms with Gasteiger partial charge in [-0.1, -0.05) is 18.2 Å². The predicted molar refractivity (Wildman–Crippen MR) is 77.1 cm³/mol. The fourth-order valence-electron chi connectivity index (χ4n) is 2.65. The Labute approximate surface area is 119 Å². The first-order chi connectivity index (χ1) is 9.74. The van der Waals surface area contributed by atoms with Crippen molar-refractivity contribution in [3.05, 3.63) is 36.2 Å². The quantitative estimate of drug-likeness (QED) is 0.925. The molecule has 1 aromatic carbocycles. The normalized spacial score (nSPS) is 23.9. The van der Waals surface area contributed by atoms with Crippen molar-refractivity contribution in [2.45, 2.75) is 32.5 Å². The van der Waals surface area contributed by atoms with Gasteiger partial charge in [0.25, 0.3) is 0 Å². The molecule has 0 spiro atoms. The summed E-state index contributed by atoms with van der Waals surface area (Å²) in [6.45, 7) is 7.16. The topological polar surface area (TPSA) is 54.2 Å². The van der Waals surface area contributed by atoms with E-state index in [-0.39, 0.29) is 0 Å². The van der Waals surface area contributed by atoms with E-state index in [1.807, 2.05) is 30.3 Å². The summed E-state index contributed by atoms with van der Waals surface area (Å²) in [7, 11) is 0. The van der Waals surface area contributed by atoms with Crippen LogP contribution < -0.4 is 5.32 Å². The average Bonchev–Trinajstić information content (AvgIpc) is 2.93. The third-order valence-electron chi connectivity index (χ3n) is 3.82. The van der Waals surface area contributed by atoms with Crippen LogP contribution in [0.2, 0.25) is 0 Å². The molecule has 3 rings (SSSR count). The van der Waals surface area contributed by atoms with E-state index in [4.69, 9.17) is 4.42 Å². The van der Waals surface area contributed by atoms with Gasteiger partial charge < -0.3 is 9.73 Å². The maximum absolute atomic E-state index is 5.78. The molecule has 2 heterocycles. The highest BCUT2D eigenvalue weighted by atomic mass is 16.4. The molecule has 1 saturated heterocycles. The van der Waals surface area contributed by atoms with E-state index in [0.29, 0.717) is 30.4 Å². The Bertz CT molecular complexity index is 544. The second-order valence-electron chi connectivity index (χ2n) is 5.40. The zero-order valence-corrected chi connectivity index (χ0v) is 11.9. The molecule has 1 fully saturated rings. The third kappa shape index (κ3) is 2.73. The SMILES string of the molecule is CC1CNCC(C)N1Cc1nnc(-c2ccccc2)o1. The van der Waals surface area contributed by atoms with Crippen LogP contribution in [0.5, 0.6) is 0 Å². The molecule has 5 heteroatoms. The first kappa shape index (κ1) is 13.3. The van der Waals surface area contributed by atoms with Crippen molar-refractivity contribution in [2.75, 3.05) is 13.1 Å². The van der Waals surface area contributed by atoms with Gasteiger partial charge in [0.1, 0.15) is 0 Å². The fourth-order valence-corrected chi connectivity index (χ4v) is 2.65. The second kappa shape index (κ2) is 5.73. The Kier molecular flexibility index (Phi) is 3.80. The van der Waals surface area contributed by atoms with Gasteiger partial charge >= 0.3 is 0 Å². The van der Waals surface area contributed by atoms with Crippen molar-refractivity contribution in [1.82, 2.24) is 20.4 Å². The van der Waals surface area contributed by atoms with Crippen LogP contribution in [0.25, 0.3) is 11.5 Å². The zero-order valence-electron chi connectivity index (χ0n) is 11.9. The van der Waals surface area contributed by atoms with Gasteiger partial charge in [0.2, 0.25) is 11.8 Å². The largest absolute Gasteiger partial charge is 0.419 e. The molecule has 2 unspecified atom stereocenters. The fraction of sp³-hybridized carbons (Fsp3) is 0.467. The summed E-state index contributed by atoms with van der Waals surface area (Å²) < 4.78 is 5.78. The molecule has 0 bridgehead atoms. The summed E-state index contributed by atoms with van der Waals surface area (Å²) in [5.41, 5.74) is 0.965. The number of nitrogens with one attached hydrogen (secondary N) is 1. The van der Waals surface area contributed by atoms with Gasteiger partial charge in [-0.15, -0.1) is 10.2 Å². The number of rotatable bonds is 3. The van der Waals surface area contributed by atoms with Crippen LogP contribution in [0.15, 0.2) is 34.7 Å². The van der Waals surface area contributed by atoms with Crippen LogP contribution in [0, 0.1) is 0 Å². The molecule has 0 saturated carbocycles. The standard InChI is InChI=1S/C15H20N4O/c1-11-8-16-9-12(2)19(11)10-14-17-18-15(20-14)13-6-4-3-5-7-13/h3-7,11-12,16H,8-10H2,1-2H3. The van der Waals surface area contributed by atoms with Gasteiger partial charge in [-0.05, 0) is 26.0 Å². The summed E-state index contributed by atoms with van der Waals surface area (Å²) >= 11 is 0. The lowest BCUT2D eigenvalue weighted by atomic mass is 10.1. The van der Waals surface area contributed by atoms with E-state index >= 15 is 0 Å². The molecule has 1 N–H and O–H groups in total. The smallest absolute Gasteiger partial charge is 0.247 e. The van der Waals surface area contributed by atoms with Crippen molar-refractivity contribution in [2.24, 2.45) is 0 Å². The first-order valence-corrected chi connectivity index (χ1v) is 7.08. The molecule has 1 aromatic heterocycles. The van der Waals surface area contributed by atoms with Crippen molar-refractivity contribution < 1.29 is 4.42 Å². The van der Waals surface area contributed by atoms with Gasteiger partial charge in [-0.25, -0.2) is 0 Å². The molecular formula is C15H20N4O. The maximum Gasteiger partial charge on any atom is 0.247 e. The van der Waals surface area contributed by atoms with Gasteiger partial charge in [0, 0.05) is 30.7 Å². The molecule has 2 atom stereocenters. The zero-order chi connectivity index (χ0) is 13.9. The Balaban J connectivity index is 1.74.